The van der Waals surface area contributed by atoms with Crippen LogP contribution in [0.2, 0.25) is 0 Å². The molecular formula is C23H26N2O3S. The highest BCUT2D eigenvalue weighted by atomic mass is 32.1. The van der Waals surface area contributed by atoms with Gasteiger partial charge in [-0.05, 0) is 50.6 Å². The van der Waals surface area contributed by atoms with Crippen LogP contribution in [0.5, 0.6) is 11.5 Å². The fraction of sp³-hybridized carbons (Fsp3) is 0.304. The molecule has 2 aromatic carbocycles. The van der Waals surface area contributed by atoms with Crippen LogP contribution < -0.4 is 14.8 Å². The Kier molecular flexibility index (Phi) is 7.25. The van der Waals surface area contributed by atoms with Crippen molar-refractivity contribution in [1.29, 1.82) is 0 Å². The van der Waals surface area contributed by atoms with Gasteiger partial charge in [-0.25, -0.2) is 4.98 Å². The van der Waals surface area contributed by atoms with E-state index in [9.17, 15) is 4.79 Å². The molecule has 1 N–H and O–H groups in total. The van der Waals surface area contributed by atoms with Gasteiger partial charge in [0.1, 0.15) is 16.5 Å². The number of benzene rings is 2. The summed E-state index contributed by atoms with van der Waals surface area (Å²) in [5, 5.41) is 5.82. The predicted octanol–water partition coefficient (Wildman–Crippen LogP) is 5.03. The minimum atomic E-state index is -0.111. The van der Waals surface area contributed by atoms with E-state index in [1.807, 2.05) is 74.7 Å². The largest absolute Gasteiger partial charge is 0.494 e. The monoisotopic (exact) mass is 410 g/mol. The van der Waals surface area contributed by atoms with Gasteiger partial charge in [0.25, 0.3) is 0 Å². The molecule has 6 heteroatoms. The van der Waals surface area contributed by atoms with Crippen molar-refractivity contribution in [1.82, 2.24) is 10.3 Å². The van der Waals surface area contributed by atoms with Crippen molar-refractivity contribution in [2.75, 3.05) is 13.2 Å². The predicted molar refractivity (Wildman–Crippen MR) is 117 cm³/mol. The Morgan fingerprint density at radius 3 is 2.69 bits per heavy atom. The molecule has 152 valence electrons. The molecule has 0 radical (unpaired) electrons. The molecule has 0 saturated heterocycles. The molecule has 1 atom stereocenters. The van der Waals surface area contributed by atoms with Gasteiger partial charge in [0, 0.05) is 5.38 Å². The molecule has 0 bridgehead atoms. The molecule has 1 aromatic heterocycles. The highest BCUT2D eigenvalue weighted by Crippen LogP contribution is 2.32. The lowest BCUT2D eigenvalue weighted by molar-refractivity contribution is -0.121. The van der Waals surface area contributed by atoms with Crippen LogP contribution in [0.25, 0.3) is 10.6 Å². The van der Waals surface area contributed by atoms with Crippen LogP contribution in [-0.2, 0) is 11.2 Å². The molecule has 0 aliphatic heterocycles. The van der Waals surface area contributed by atoms with E-state index in [1.54, 1.807) is 0 Å². The molecule has 0 fully saturated rings. The molecule has 29 heavy (non-hydrogen) atoms. The Morgan fingerprint density at radius 2 is 1.90 bits per heavy atom. The first-order chi connectivity index (χ1) is 14.1. The summed E-state index contributed by atoms with van der Waals surface area (Å²) in [6.07, 6.45) is 0.239. The lowest BCUT2D eigenvalue weighted by atomic mass is 10.1. The fourth-order valence-corrected chi connectivity index (χ4v) is 3.87. The first kappa shape index (κ1) is 20.9. The van der Waals surface area contributed by atoms with E-state index in [0.29, 0.717) is 13.2 Å². The van der Waals surface area contributed by atoms with Gasteiger partial charge in [-0.15, -0.1) is 11.3 Å². The molecule has 0 saturated carbocycles. The zero-order valence-electron chi connectivity index (χ0n) is 17.0. The summed E-state index contributed by atoms with van der Waals surface area (Å²) in [7, 11) is 0. The van der Waals surface area contributed by atoms with Crippen molar-refractivity contribution in [3.63, 3.8) is 0 Å². The number of rotatable bonds is 9. The molecule has 0 spiro atoms. The van der Waals surface area contributed by atoms with Crippen molar-refractivity contribution in [2.24, 2.45) is 0 Å². The number of carbonyl (C=O) groups excluding carboxylic acids is 1. The van der Waals surface area contributed by atoms with E-state index in [2.05, 4.69) is 10.3 Å². The maximum atomic E-state index is 12.5. The molecule has 3 aromatic rings. The molecule has 0 aliphatic carbocycles. The normalized spacial score (nSPS) is 11.7. The highest BCUT2D eigenvalue weighted by molar-refractivity contribution is 7.13. The number of para-hydroxylation sites is 1. The Bertz CT molecular complexity index is 955. The highest BCUT2D eigenvalue weighted by Gasteiger charge is 2.15. The molecule has 0 aliphatic rings. The number of thiazole rings is 1. The first-order valence-electron chi connectivity index (χ1n) is 9.79. The first-order valence-corrected chi connectivity index (χ1v) is 10.7. The summed E-state index contributed by atoms with van der Waals surface area (Å²) in [6, 6.07) is 15.5. The Balaban J connectivity index is 1.64. The van der Waals surface area contributed by atoms with Gasteiger partial charge in [0.2, 0.25) is 5.91 Å². The van der Waals surface area contributed by atoms with E-state index in [0.717, 1.165) is 33.3 Å². The summed E-state index contributed by atoms with van der Waals surface area (Å²) in [5.74, 6) is 1.56. The molecule has 1 unspecified atom stereocenters. The molecule has 1 amide bonds. The van der Waals surface area contributed by atoms with Crippen molar-refractivity contribution in [3.8, 4) is 22.1 Å². The maximum Gasteiger partial charge on any atom is 0.226 e. The van der Waals surface area contributed by atoms with Crippen molar-refractivity contribution >= 4 is 17.2 Å². The summed E-state index contributed by atoms with van der Waals surface area (Å²) >= 11 is 1.52. The molecule has 5 nitrogen and oxygen atoms in total. The van der Waals surface area contributed by atoms with Crippen LogP contribution in [0.3, 0.4) is 0 Å². The third-order valence-corrected chi connectivity index (χ3v) is 5.28. The van der Waals surface area contributed by atoms with Gasteiger partial charge in [0.05, 0.1) is 36.9 Å². The Morgan fingerprint density at radius 1 is 1.10 bits per heavy atom. The van der Waals surface area contributed by atoms with Gasteiger partial charge in [-0.1, -0.05) is 24.3 Å². The van der Waals surface area contributed by atoms with Crippen LogP contribution in [0.15, 0.2) is 53.9 Å². The standard InChI is InChI=1S/C23H26N2O3S/c1-4-27-19-10-8-9-17(13-19)16(3)24-22(26)14-18-15-29-23(25-18)20-11-6-7-12-21(20)28-5-2/h6-13,15-16H,4-5,14H2,1-3H3,(H,24,26). The smallest absolute Gasteiger partial charge is 0.226 e. The molecule has 1 heterocycles. The topological polar surface area (TPSA) is 60.5 Å². The average molecular weight is 411 g/mol. The van der Waals surface area contributed by atoms with Gasteiger partial charge < -0.3 is 14.8 Å². The second-order valence-corrected chi connectivity index (χ2v) is 7.40. The van der Waals surface area contributed by atoms with Crippen LogP contribution in [0.1, 0.15) is 38.1 Å². The van der Waals surface area contributed by atoms with Gasteiger partial charge >= 0.3 is 0 Å². The number of hydrogen-bond donors (Lipinski definition) is 1. The molecular weight excluding hydrogens is 384 g/mol. The Labute approximate surface area is 175 Å². The quantitative estimate of drug-likeness (QED) is 0.538. The van der Waals surface area contributed by atoms with E-state index < -0.39 is 0 Å². The number of amides is 1. The number of aromatic nitrogens is 1. The van der Waals surface area contributed by atoms with E-state index >= 15 is 0 Å². The van der Waals surface area contributed by atoms with E-state index in [1.165, 1.54) is 11.3 Å². The van der Waals surface area contributed by atoms with E-state index in [-0.39, 0.29) is 18.4 Å². The lowest BCUT2D eigenvalue weighted by Crippen LogP contribution is -2.28. The number of carbonyl (C=O) groups is 1. The number of nitrogens with zero attached hydrogens (tertiary/aromatic N) is 1. The van der Waals surface area contributed by atoms with Gasteiger partial charge in [-0.3, -0.25) is 4.79 Å². The zero-order chi connectivity index (χ0) is 20.6. The summed E-state index contributed by atoms with van der Waals surface area (Å²) in [5.41, 5.74) is 2.71. The average Bonchev–Trinajstić information content (AvgIpc) is 3.17. The summed E-state index contributed by atoms with van der Waals surface area (Å²) < 4.78 is 11.2. The SMILES string of the molecule is CCOc1cccc(C(C)NC(=O)Cc2csc(-c3ccccc3OCC)n2)c1. The van der Waals surface area contributed by atoms with Crippen LogP contribution in [0.4, 0.5) is 0 Å². The fourth-order valence-electron chi connectivity index (χ4n) is 3.02. The third-order valence-electron chi connectivity index (χ3n) is 4.36. The number of ether oxygens (including phenoxy) is 2. The minimum absolute atomic E-state index is 0.0609. The lowest BCUT2D eigenvalue weighted by Gasteiger charge is -2.15. The minimum Gasteiger partial charge on any atom is -0.494 e. The van der Waals surface area contributed by atoms with Gasteiger partial charge in [0.15, 0.2) is 0 Å². The van der Waals surface area contributed by atoms with Gasteiger partial charge in [-0.2, -0.15) is 0 Å². The third kappa shape index (κ3) is 5.57. The van der Waals surface area contributed by atoms with Crippen LogP contribution >= 0.6 is 11.3 Å². The van der Waals surface area contributed by atoms with E-state index in [4.69, 9.17) is 9.47 Å². The Hall–Kier alpha value is -2.86. The second kappa shape index (κ2) is 10.1. The van der Waals surface area contributed by atoms with Crippen LogP contribution in [-0.4, -0.2) is 24.1 Å². The molecule has 3 rings (SSSR count). The number of nitrogens with one attached hydrogen (secondary N) is 1. The second-order valence-electron chi connectivity index (χ2n) is 6.54. The maximum absolute atomic E-state index is 12.5. The summed E-state index contributed by atoms with van der Waals surface area (Å²) in [6.45, 7) is 7.09. The zero-order valence-corrected chi connectivity index (χ0v) is 17.8. The van der Waals surface area contributed by atoms with Crippen molar-refractivity contribution in [2.45, 2.75) is 33.2 Å². The summed E-state index contributed by atoms with van der Waals surface area (Å²) in [4.78, 5) is 17.2. The van der Waals surface area contributed by atoms with Crippen LogP contribution in [0, 0.1) is 0 Å². The van der Waals surface area contributed by atoms with Crippen molar-refractivity contribution in [3.05, 3.63) is 65.2 Å². The number of hydrogen-bond acceptors (Lipinski definition) is 5. The van der Waals surface area contributed by atoms with Crippen molar-refractivity contribution < 1.29 is 14.3 Å².